The fourth-order valence-corrected chi connectivity index (χ4v) is 3.06. The maximum Gasteiger partial charge on any atom is 0.311 e. The van der Waals surface area contributed by atoms with E-state index in [0.29, 0.717) is 12.6 Å². The van der Waals surface area contributed by atoms with Crippen molar-refractivity contribution in [3.63, 3.8) is 0 Å². The number of hydrogen-bond donors (Lipinski definition) is 1. The van der Waals surface area contributed by atoms with E-state index in [4.69, 9.17) is 4.74 Å². The van der Waals surface area contributed by atoms with Crippen LogP contribution in [0, 0.1) is 10.1 Å². The molecule has 1 aliphatic rings. The molecule has 0 spiro atoms. The summed E-state index contributed by atoms with van der Waals surface area (Å²) in [5.74, 6) is 1.16. The number of rotatable bonds is 6. The molecule has 1 aromatic heterocycles. The van der Waals surface area contributed by atoms with Crippen molar-refractivity contribution < 1.29 is 9.66 Å². The monoisotopic (exact) mass is 343 g/mol. The van der Waals surface area contributed by atoms with Crippen LogP contribution in [-0.4, -0.2) is 41.4 Å². The van der Waals surface area contributed by atoms with E-state index in [2.05, 4.69) is 20.4 Å². The summed E-state index contributed by atoms with van der Waals surface area (Å²) in [6.07, 6.45) is 3.80. The third-order valence-corrected chi connectivity index (χ3v) is 4.34. The van der Waals surface area contributed by atoms with Crippen molar-refractivity contribution in [1.82, 2.24) is 15.5 Å². The van der Waals surface area contributed by atoms with Crippen LogP contribution in [0.3, 0.4) is 0 Å². The molecule has 8 nitrogen and oxygen atoms in total. The molecule has 2 heterocycles. The number of nitrogens with zero attached hydrogens (tertiary/aromatic N) is 4. The van der Waals surface area contributed by atoms with Gasteiger partial charge in [-0.1, -0.05) is 6.07 Å². The lowest BCUT2D eigenvalue weighted by Crippen LogP contribution is -2.45. The van der Waals surface area contributed by atoms with E-state index in [9.17, 15) is 10.1 Å². The molecule has 1 aromatic carbocycles. The highest BCUT2D eigenvalue weighted by Crippen LogP contribution is 2.27. The van der Waals surface area contributed by atoms with Gasteiger partial charge in [0.05, 0.1) is 12.0 Å². The zero-order chi connectivity index (χ0) is 17.6. The second kappa shape index (κ2) is 7.89. The van der Waals surface area contributed by atoms with E-state index in [1.807, 2.05) is 18.2 Å². The Morgan fingerprint density at radius 1 is 1.44 bits per heavy atom. The summed E-state index contributed by atoms with van der Waals surface area (Å²) in [6, 6.07) is 9.20. The van der Waals surface area contributed by atoms with Crippen LogP contribution in [0.5, 0.6) is 5.75 Å². The molecule has 8 heteroatoms. The molecule has 3 rings (SSSR count). The van der Waals surface area contributed by atoms with Gasteiger partial charge in [0.25, 0.3) is 0 Å². The summed E-state index contributed by atoms with van der Waals surface area (Å²) in [4.78, 5) is 12.9. The van der Waals surface area contributed by atoms with Gasteiger partial charge in [-0.2, -0.15) is 5.10 Å². The zero-order valence-electron chi connectivity index (χ0n) is 14.1. The zero-order valence-corrected chi connectivity index (χ0v) is 14.1. The van der Waals surface area contributed by atoms with E-state index in [1.165, 1.54) is 7.11 Å². The minimum Gasteiger partial charge on any atom is -0.490 e. The number of benzene rings is 1. The predicted molar refractivity (Wildman–Crippen MR) is 93.8 cm³/mol. The Balaban J connectivity index is 1.61. The molecule has 1 atom stereocenters. The third-order valence-electron chi connectivity index (χ3n) is 4.34. The number of anilines is 1. The lowest BCUT2D eigenvalue weighted by atomic mass is 10.0. The second-order valence-corrected chi connectivity index (χ2v) is 6.01. The average Bonchev–Trinajstić information content (AvgIpc) is 2.67. The van der Waals surface area contributed by atoms with Crippen molar-refractivity contribution >= 4 is 11.5 Å². The fraction of sp³-hybridized carbons (Fsp3) is 0.412. The molecule has 2 aromatic rings. The van der Waals surface area contributed by atoms with E-state index >= 15 is 0 Å². The van der Waals surface area contributed by atoms with E-state index in [-0.39, 0.29) is 11.4 Å². The van der Waals surface area contributed by atoms with Crippen LogP contribution in [0.15, 0.2) is 36.5 Å². The van der Waals surface area contributed by atoms with Crippen molar-refractivity contribution in [2.75, 3.05) is 25.1 Å². The first-order chi connectivity index (χ1) is 12.2. The Labute approximate surface area is 146 Å². The molecule has 0 aliphatic carbocycles. The molecular formula is C17H21N5O3. The number of piperidine rings is 1. The maximum atomic E-state index is 11.1. The molecule has 1 aliphatic heterocycles. The number of aromatic nitrogens is 2. The van der Waals surface area contributed by atoms with Gasteiger partial charge in [0.2, 0.25) is 0 Å². The Morgan fingerprint density at radius 2 is 2.32 bits per heavy atom. The lowest BCUT2D eigenvalue weighted by molar-refractivity contribution is -0.385. The molecule has 0 radical (unpaired) electrons. The molecule has 1 fully saturated rings. The van der Waals surface area contributed by atoms with Gasteiger partial charge in [0, 0.05) is 37.9 Å². The van der Waals surface area contributed by atoms with E-state index < -0.39 is 4.92 Å². The van der Waals surface area contributed by atoms with Gasteiger partial charge >= 0.3 is 5.69 Å². The van der Waals surface area contributed by atoms with Gasteiger partial charge in [-0.05, 0) is 36.6 Å². The summed E-state index contributed by atoms with van der Waals surface area (Å²) in [7, 11) is 1.43. The highest BCUT2D eigenvalue weighted by Gasteiger charge is 2.21. The van der Waals surface area contributed by atoms with Gasteiger partial charge in [-0.3, -0.25) is 10.1 Å². The van der Waals surface area contributed by atoms with Crippen molar-refractivity contribution in [3.8, 4) is 5.75 Å². The minimum absolute atomic E-state index is 0.00775. The van der Waals surface area contributed by atoms with Crippen LogP contribution in [-0.2, 0) is 6.54 Å². The molecular weight excluding hydrogens is 322 g/mol. The predicted octanol–water partition coefficient (Wildman–Crippen LogP) is 2.15. The second-order valence-electron chi connectivity index (χ2n) is 6.01. The average molecular weight is 343 g/mol. The first kappa shape index (κ1) is 17.1. The van der Waals surface area contributed by atoms with Crippen LogP contribution in [0.25, 0.3) is 0 Å². The van der Waals surface area contributed by atoms with Crippen LogP contribution >= 0.6 is 0 Å². The number of methoxy groups -OCH3 is 1. The molecule has 0 amide bonds. The molecule has 0 bridgehead atoms. The Morgan fingerprint density at radius 3 is 3.04 bits per heavy atom. The highest BCUT2D eigenvalue weighted by molar-refractivity contribution is 5.48. The quantitative estimate of drug-likeness (QED) is 0.634. The van der Waals surface area contributed by atoms with E-state index in [0.717, 1.165) is 37.3 Å². The van der Waals surface area contributed by atoms with Gasteiger partial charge in [-0.25, -0.2) is 0 Å². The van der Waals surface area contributed by atoms with Gasteiger partial charge in [0.15, 0.2) is 11.6 Å². The molecule has 1 saturated heterocycles. The van der Waals surface area contributed by atoms with Crippen LogP contribution in [0.4, 0.5) is 11.5 Å². The topological polar surface area (TPSA) is 93.4 Å². The van der Waals surface area contributed by atoms with Crippen LogP contribution in [0.2, 0.25) is 0 Å². The highest BCUT2D eigenvalue weighted by atomic mass is 16.6. The number of nitro groups is 1. The van der Waals surface area contributed by atoms with Crippen LogP contribution in [0.1, 0.15) is 18.4 Å². The Bertz CT molecular complexity index is 725. The summed E-state index contributed by atoms with van der Waals surface area (Å²) in [5.41, 5.74) is 0.857. The molecule has 0 saturated carbocycles. The van der Waals surface area contributed by atoms with Crippen molar-refractivity contribution in [2.24, 2.45) is 0 Å². The van der Waals surface area contributed by atoms with Gasteiger partial charge < -0.3 is 15.0 Å². The number of nitro benzene ring substituents is 1. The molecule has 1 N–H and O–H groups in total. The molecule has 132 valence electrons. The fourth-order valence-electron chi connectivity index (χ4n) is 3.06. The van der Waals surface area contributed by atoms with Gasteiger partial charge in [-0.15, -0.1) is 5.10 Å². The van der Waals surface area contributed by atoms with Crippen LogP contribution < -0.4 is 15.0 Å². The SMILES string of the molecule is COc1ccc(CNC2CCCN(c3cccnn3)C2)cc1[N+](=O)[O-]. The normalized spacial score (nSPS) is 17.3. The number of ether oxygens (including phenoxy) is 1. The summed E-state index contributed by atoms with van der Waals surface area (Å²) in [5, 5.41) is 22.7. The third kappa shape index (κ3) is 4.21. The summed E-state index contributed by atoms with van der Waals surface area (Å²) >= 11 is 0. The molecule has 1 unspecified atom stereocenters. The standard InChI is InChI=1S/C17H21N5O3/c1-25-16-7-6-13(10-15(16)22(23)24)11-18-14-4-3-9-21(12-14)17-5-2-8-19-20-17/h2,5-8,10,14,18H,3-4,9,11-12H2,1H3. The largest absolute Gasteiger partial charge is 0.490 e. The molecule has 25 heavy (non-hydrogen) atoms. The summed E-state index contributed by atoms with van der Waals surface area (Å²) < 4.78 is 5.04. The summed E-state index contributed by atoms with van der Waals surface area (Å²) in [6.45, 7) is 2.38. The number of nitrogens with one attached hydrogen (secondary N) is 1. The number of hydrogen-bond acceptors (Lipinski definition) is 7. The first-order valence-electron chi connectivity index (χ1n) is 8.24. The maximum absolute atomic E-state index is 11.1. The lowest BCUT2D eigenvalue weighted by Gasteiger charge is -2.33. The van der Waals surface area contributed by atoms with Gasteiger partial charge in [0.1, 0.15) is 0 Å². The smallest absolute Gasteiger partial charge is 0.311 e. The van der Waals surface area contributed by atoms with Crippen molar-refractivity contribution in [1.29, 1.82) is 0 Å². The Hall–Kier alpha value is -2.74. The van der Waals surface area contributed by atoms with Crippen molar-refractivity contribution in [3.05, 3.63) is 52.2 Å². The first-order valence-corrected chi connectivity index (χ1v) is 8.24. The van der Waals surface area contributed by atoms with E-state index in [1.54, 1.807) is 18.3 Å². The Kier molecular flexibility index (Phi) is 5.39. The minimum atomic E-state index is -0.418. The van der Waals surface area contributed by atoms with Crippen molar-refractivity contribution in [2.45, 2.75) is 25.4 Å².